The Morgan fingerprint density at radius 1 is 1.10 bits per heavy atom. The van der Waals surface area contributed by atoms with Gasteiger partial charge in [0.15, 0.2) is 5.96 Å². The normalized spacial score (nSPS) is 24.1. The van der Waals surface area contributed by atoms with Crippen LogP contribution >= 0.6 is 0 Å². The highest BCUT2D eigenvalue weighted by molar-refractivity contribution is 5.97. The molecule has 3 amide bonds. The Morgan fingerprint density at radius 2 is 1.75 bits per heavy atom. The van der Waals surface area contributed by atoms with Crippen LogP contribution in [0.25, 0.3) is 0 Å². The van der Waals surface area contributed by atoms with Crippen LogP contribution in [0, 0.1) is 0 Å². The molecule has 5 N–H and O–H groups in total. The van der Waals surface area contributed by atoms with Crippen molar-refractivity contribution in [2.45, 2.75) is 51.5 Å². The zero-order chi connectivity index (χ0) is 14.8. The number of nitrogens with zero attached hydrogens (tertiary/aromatic N) is 1. The van der Waals surface area contributed by atoms with Crippen molar-refractivity contribution in [2.24, 2.45) is 10.7 Å². The minimum atomic E-state index is -0.601. The SMILES string of the molecule is C[C@@H]1NC(=O)NC(N)=NCCCCCCCCNC1=O. The van der Waals surface area contributed by atoms with E-state index in [-0.39, 0.29) is 11.9 Å². The fourth-order valence-electron chi connectivity index (χ4n) is 1.96. The first-order valence-corrected chi connectivity index (χ1v) is 7.25. The van der Waals surface area contributed by atoms with Gasteiger partial charge in [0.25, 0.3) is 0 Å². The largest absolute Gasteiger partial charge is 0.370 e. The predicted octanol–water partition coefficient (Wildman–Crippen LogP) is 0.459. The maximum atomic E-state index is 11.7. The van der Waals surface area contributed by atoms with Crippen LogP contribution in [0.2, 0.25) is 0 Å². The number of nitrogens with two attached hydrogens (primary N) is 1. The van der Waals surface area contributed by atoms with Gasteiger partial charge < -0.3 is 16.4 Å². The van der Waals surface area contributed by atoms with Crippen molar-refractivity contribution in [2.75, 3.05) is 13.1 Å². The van der Waals surface area contributed by atoms with Crippen LogP contribution in [0.5, 0.6) is 0 Å². The topological polar surface area (TPSA) is 109 Å². The second-order valence-electron chi connectivity index (χ2n) is 5.00. The Kier molecular flexibility index (Phi) is 7.46. The summed E-state index contributed by atoms with van der Waals surface area (Å²) < 4.78 is 0. The summed E-state index contributed by atoms with van der Waals surface area (Å²) in [5.41, 5.74) is 5.59. The molecule has 0 spiro atoms. The van der Waals surface area contributed by atoms with Crippen LogP contribution in [0.1, 0.15) is 45.4 Å². The van der Waals surface area contributed by atoms with Gasteiger partial charge in [-0.2, -0.15) is 0 Å². The summed E-state index contributed by atoms with van der Waals surface area (Å²) in [5.74, 6) is -0.107. The molecular weight excluding hydrogens is 258 g/mol. The molecule has 1 aliphatic rings. The highest BCUT2D eigenvalue weighted by Crippen LogP contribution is 2.05. The second-order valence-corrected chi connectivity index (χ2v) is 5.00. The molecule has 7 heteroatoms. The van der Waals surface area contributed by atoms with Gasteiger partial charge in [0.05, 0.1) is 0 Å². The lowest BCUT2D eigenvalue weighted by molar-refractivity contribution is -0.122. The van der Waals surface area contributed by atoms with Gasteiger partial charge in [-0.15, -0.1) is 0 Å². The highest BCUT2D eigenvalue weighted by atomic mass is 16.2. The third-order valence-electron chi connectivity index (χ3n) is 3.15. The third kappa shape index (κ3) is 6.96. The summed E-state index contributed by atoms with van der Waals surface area (Å²) in [6, 6.07) is -1.11. The number of carbonyl (C=O) groups excluding carboxylic acids is 2. The van der Waals surface area contributed by atoms with Crippen LogP contribution in [-0.2, 0) is 4.79 Å². The van der Waals surface area contributed by atoms with E-state index < -0.39 is 12.1 Å². The van der Waals surface area contributed by atoms with Crippen molar-refractivity contribution >= 4 is 17.9 Å². The van der Waals surface area contributed by atoms with E-state index in [0.29, 0.717) is 13.1 Å². The molecule has 0 saturated carbocycles. The maximum absolute atomic E-state index is 11.7. The van der Waals surface area contributed by atoms with Crippen LogP contribution < -0.4 is 21.7 Å². The molecule has 1 rings (SSSR count). The zero-order valence-corrected chi connectivity index (χ0v) is 12.1. The lowest BCUT2D eigenvalue weighted by Gasteiger charge is -2.15. The molecule has 0 aromatic rings. The smallest absolute Gasteiger partial charge is 0.322 e. The maximum Gasteiger partial charge on any atom is 0.322 e. The van der Waals surface area contributed by atoms with Crippen molar-refractivity contribution < 1.29 is 9.59 Å². The fourth-order valence-corrected chi connectivity index (χ4v) is 1.96. The van der Waals surface area contributed by atoms with Crippen LogP contribution in [-0.4, -0.2) is 37.0 Å². The Balaban J connectivity index is 2.52. The first-order chi connectivity index (χ1) is 9.59. The van der Waals surface area contributed by atoms with Gasteiger partial charge in [-0.3, -0.25) is 15.1 Å². The van der Waals surface area contributed by atoms with Crippen molar-refractivity contribution in [3.8, 4) is 0 Å². The zero-order valence-electron chi connectivity index (χ0n) is 12.1. The van der Waals surface area contributed by atoms with Crippen molar-refractivity contribution in [1.82, 2.24) is 16.0 Å². The van der Waals surface area contributed by atoms with Crippen LogP contribution in [0.15, 0.2) is 4.99 Å². The van der Waals surface area contributed by atoms with Crippen LogP contribution in [0.3, 0.4) is 0 Å². The minimum Gasteiger partial charge on any atom is -0.370 e. The Labute approximate surface area is 119 Å². The summed E-state index contributed by atoms with van der Waals surface area (Å²) in [6.45, 7) is 2.89. The Bertz CT molecular complexity index is 357. The average molecular weight is 283 g/mol. The summed E-state index contributed by atoms with van der Waals surface area (Å²) in [7, 11) is 0. The van der Waals surface area contributed by atoms with Gasteiger partial charge in [0.1, 0.15) is 6.04 Å². The third-order valence-corrected chi connectivity index (χ3v) is 3.15. The standard InChI is InChI=1S/C13H25N5O2/c1-10-11(19)15-8-6-4-2-3-5-7-9-16-12(14)18-13(20)17-10/h10H,2-9H2,1H3,(H,15,19)(H4,14,16,17,18,20)/t10-/m0/s1. The number of aliphatic imine (C=N–C) groups is 1. The summed E-state index contributed by atoms with van der Waals surface area (Å²) in [6.07, 6.45) is 6.47. The molecule has 1 heterocycles. The molecular formula is C13H25N5O2. The van der Waals surface area contributed by atoms with E-state index in [1.807, 2.05) is 0 Å². The van der Waals surface area contributed by atoms with E-state index in [1.165, 1.54) is 6.42 Å². The number of rotatable bonds is 0. The lowest BCUT2D eigenvalue weighted by atomic mass is 10.1. The first-order valence-electron chi connectivity index (χ1n) is 7.25. The van der Waals surface area contributed by atoms with E-state index in [0.717, 1.165) is 32.1 Å². The van der Waals surface area contributed by atoms with Gasteiger partial charge >= 0.3 is 6.03 Å². The predicted molar refractivity (Wildman–Crippen MR) is 78.3 cm³/mol. The van der Waals surface area contributed by atoms with Crippen molar-refractivity contribution in [3.63, 3.8) is 0 Å². The second kappa shape index (κ2) is 9.17. The van der Waals surface area contributed by atoms with E-state index in [1.54, 1.807) is 6.92 Å². The number of guanidine groups is 1. The molecule has 0 aromatic carbocycles. The molecule has 0 saturated heterocycles. The molecule has 0 radical (unpaired) electrons. The molecule has 0 fully saturated rings. The van der Waals surface area contributed by atoms with E-state index in [9.17, 15) is 9.59 Å². The number of nitrogens with one attached hydrogen (secondary N) is 3. The number of amides is 3. The van der Waals surface area contributed by atoms with Crippen molar-refractivity contribution in [1.29, 1.82) is 0 Å². The quantitative estimate of drug-likeness (QED) is 0.518. The van der Waals surface area contributed by atoms with E-state index in [2.05, 4.69) is 20.9 Å². The molecule has 0 aliphatic carbocycles. The van der Waals surface area contributed by atoms with E-state index >= 15 is 0 Å². The molecule has 0 aromatic heterocycles. The average Bonchev–Trinajstić information content (AvgIpc) is 2.39. The summed E-state index contributed by atoms with van der Waals surface area (Å²) in [5, 5.41) is 7.73. The monoisotopic (exact) mass is 283 g/mol. The van der Waals surface area contributed by atoms with Gasteiger partial charge in [-0.05, 0) is 19.8 Å². The lowest BCUT2D eigenvalue weighted by Crippen LogP contribution is -2.51. The van der Waals surface area contributed by atoms with Gasteiger partial charge in [-0.1, -0.05) is 25.7 Å². The Hall–Kier alpha value is -1.79. The number of hydrogen-bond donors (Lipinski definition) is 4. The van der Waals surface area contributed by atoms with Crippen molar-refractivity contribution in [3.05, 3.63) is 0 Å². The number of hydrogen-bond acceptors (Lipinski definition) is 4. The molecule has 1 aliphatic heterocycles. The molecule has 20 heavy (non-hydrogen) atoms. The van der Waals surface area contributed by atoms with E-state index in [4.69, 9.17) is 5.73 Å². The van der Waals surface area contributed by atoms with Crippen LogP contribution in [0.4, 0.5) is 4.79 Å². The molecule has 1 atom stereocenters. The summed E-state index contributed by atoms with van der Waals surface area (Å²) in [4.78, 5) is 27.4. The molecule has 0 bridgehead atoms. The number of urea groups is 1. The summed E-state index contributed by atoms with van der Waals surface area (Å²) >= 11 is 0. The molecule has 0 unspecified atom stereocenters. The number of carbonyl (C=O) groups is 2. The Morgan fingerprint density at radius 3 is 2.50 bits per heavy atom. The van der Waals surface area contributed by atoms with Gasteiger partial charge in [0, 0.05) is 13.1 Å². The first kappa shape index (κ1) is 16.3. The fraction of sp³-hybridized carbons (Fsp3) is 0.769. The van der Waals surface area contributed by atoms with Gasteiger partial charge in [-0.25, -0.2) is 4.79 Å². The molecule has 114 valence electrons. The van der Waals surface area contributed by atoms with Gasteiger partial charge in [0.2, 0.25) is 5.91 Å². The highest BCUT2D eigenvalue weighted by Gasteiger charge is 2.15. The minimum absolute atomic E-state index is 0.0854. The molecule has 7 nitrogen and oxygen atoms in total.